The van der Waals surface area contributed by atoms with Crippen molar-refractivity contribution in [2.45, 2.75) is 0 Å². The van der Waals surface area contributed by atoms with Crippen molar-refractivity contribution in [3.05, 3.63) is 170 Å². The van der Waals surface area contributed by atoms with Gasteiger partial charge < -0.3 is 9.47 Å². The third-order valence-electron chi connectivity index (χ3n) is 10.2. The molecule has 0 N–H and O–H groups in total. The number of ether oxygens (including phenoxy) is 2. The van der Waals surface area contributed by atoms with Crippen molar-refractivity contribution in [2.75, 3.05) is 0 Å². The van der Waals surface area contributed by atoms with Gasteiger partial charge in [-0.3, -0.25) is 0 Å². The van der Waals surface area contributed by atoms with Crippen molar-refractivity contribution in [3.8, 4) is 67.5 Å². The molecular formula is C48H28O2S2. The second-order valence-electron chi connectivity index (χ2n) is 13.2. The van der Waals surface area contributed by atoms with Gasteiger partial charge in [-0.2, -0.15) is 0 Å². The van der Waals surface area contributed by atoms with Crippen molar-refractivity contribution in [3.63, 3.8) is 0 Å². The first-order valence-electron chi connectivity index (χ1n) is 17.4. The lowest BCUT2D eigenvalue weighted by molar-refractivity contribution is 0.472. The van der Waals surface area contributed by atoms with E-state index in [9.17, 15) is 0 Å². The van der Waals surface area contributed by atoms with E-state index in [0.29, 0.717) is 0 Å². The summed E-state index contributed by atoms with van der Waals surface area (Å²) in [6.45, 7) is 0. The molecule has 3 heterocycles. The topological polar surface area (TPSA) is 18.5 Å². The van der Waals surface area contributed by atoms with Crippen LogP contribution in [0.5, 0.6) is 23.0 Å². The molecule has 0 fully saturated rings. The second-order valence-corrected chi connectivity index (χ2v) is 15.3. The Kier molecular flexibility index (Phi) is 6.63. The Morgan fingerprint density at radius 3 is 1.17 bits per heavy atom. The number of rotatable bonds is 2. The predicted octanol–water partition coefficient (Wildman–Crippen LogP) is 15.0. The third kappa shape index (κ3) is 4.62. The maximum absolute atomic E-state index is 7.03. The van der Waals surface area contributed by atoms with Crippen LogP contribution in [0.2, 0.25) is 0 Å². The molecule has 0 amide bonds. The molecule has 0 atom stereocenters. The molecule has 4 heteroatoms. The molecule has 11 rings (SSSR count). The van der Waals surface area contributed by atoms with Gasteiger partial charge in [-0.25, -0.2) is 0 Å². The Hall–Kier alpha value is -6.20. The van der Waals surface area contributed by atoms with E-state index in [0.717, 1.165) is 56.4 Å². The molecular weight excluding hydrogens is 673 g/mol. The third-order valence-corrected chi connectivity index (χ3v) is 12.5. The smallest absolute Gasteiger partial charge is 0.136 e. The van der Waals surface area contributed by atoms with Crippen LogP contribution in [-0.2, 0) is 0 Å². The summed E-state index contributed by atoms with van der Waals surface area (Å²) in [7, 11) is 0. The minimum absolute atomic E-state index is 0.782. The highest BCUT2D eigenvalue weighted by Crippen LogP contribution is 2.50. The van der Waals surface area contributed by atoms with Crippen molar-refractivity contribution < 1.29 is 9.47 Å². The lowest BCUT2D eigenvalue weighted by atomic mass is 9.93. The molecule has 2 nitrogen and oxygen atoms in total. The van der Waals surface area contributed by atoms with Crippen LogP contribution in [0.1, 0.15) is 0 Å². The van der Waals surface area contributed by atoms with Crippen LogP contribution < -0.4 is 9.47 Å². The minimum Gasteiger partial charge on any atom is -0.456 e. The average molecular weight is 701 g/mol. The van der Waals surface area contributed by atoms with Crippen LogP contribution in [0.3, 0.4) is 0 Å². The van der Waals surface area contributed by atoms with Crippen LogP contribution in [0.15, 0.2) is 170 Å². The molecule has 10 aromatic rings. The molecule has 0 unspecified atom stereocenters. The molecule has 0 aliphatic carbocycles. The summed E-state index contributed by atoms with van der Waals surface area (Å²) in [6.07, 6.45) is 0. The average Bonchev–Trinajstić information content (AvgIpc) is 3.77. The van der Waals surface area contributed by atoms with E-state index < -0.39 is 0 Å². The van der Waals surface area contributed by atoms with E-state index >= 15 is 0 Å². The Morgan fingerprint density at radius 2 is 0.673 bits per heavy atom. The van der Waals surface area contributed by atoms with Gasteiger partial charge >= 0.3 is 0 Å². The quantitative estimate of drug-likeness (QED) is 0.179. The van der Waals surface area contributed by atoms with Crippen molar-refractivity contribution in [1.29, 1.82) is 0 Å². The van der Waals surface area contributed by atoms with Gasteiger partial charge in [-0.1, -0.05) is 109 Å². The summed E-state index contributed by atoms with van der Waals surface area (Å²) in [5, 5.41) is 5.11. The molecule has 1 aliphatic rings. The molecule has 0 radical (unpaired) electrons. The number of hydrogen-bond acceptors (Lipinski definition) is 4. The van der Waals surface area contributed by atoms with Gasteiger partial charge in [0.15, 0.2) is 0 Å². The summed E-state index contributed by atoms with van der Waals surface area (Å²) in [5.41, 5.74) is 8.52. The summed E-state index contributed by atoms with van der Waals surface area (Å²) < 4.78 is 19.2. The fourth-order valence-electron chi connectivity index (χ4n) is 7.82. The van der Waals surface area contributed by atoms with Crippen molar-refractivity contribution in [2.24, 2.45) is 0 Å². The Balaban J connectivity index is 1.16. The van der Waals surface area contributed by atoms with Crippen LogP contribution in [0.25, 0.3) is 84.9 Å². The molecule has 0 saturated heterocycles. The highest BCUT2D eigenvalue weighted by Gasteiger charge is 2.23. The van der Waals surface area contributed by atoms with Gasteiger partial charge in [0.1, 0.15) is 23.0 Å². The molecule has 8 aromatic carbocycles. The molecule has 244 valence electrons. The van der Waals surface area contributed by atoms with Gasteiger partial charge in [0.2, 0.25) is 0 Å². The van der Waals surface area contributed by atoms with Gasteiger partial charge in [0, 0.05) is 62.6 Å². The van der Waals surface area contributed by atoms with Crippen LogP contribution >= 0.6 is 22.7 Å². The van der Waals surface area contributed by atoms with Crippen molar-refractivity contribution >= 4 is 63.0 Å². The first kappa shape index (κ1) is 29.5. The normalized spacial score (nSPS) is 12.2. The molecule has 2 aromatic heterocycles. The maximum Gasteiger partial charge on any atom is 0.136 e. The minimum atomic E-state index is 0.782. The first-order valence-corrected chi connectivity index (χ1v) is 19.0. The van der Waals surface area contributed by atoms with Gasteiger partial charge in [-0.15, -0.1) is 22.7 Å². The monoisotopic (exact) mass is 700 g/mol. The molecule has 0 bridgehead atoms. The summed E-state index contributed by atoms with van der Waals surface area (Å²) in [6, 6.07) is 60.3. The van der Waals surface area contributed by atoms with E-state index in [1.807, 2.05) is 46.9 Å². The zero-order valence-corrected chi connectivity index (χ0v) is 29.4. The van der Waals surface area contributed by atoms with Crippen molar-refractivity contribution in [1.82, 2.24) is 0 Å². The first-order chi connectivity index (χ1) is 25.8. The molecule has 52 heavy (non-hydrogen) atoms. The SMILES string of the molecule is c1ccc2c(c1)Oc1cc(-c3cccc4sc5ccccc5c34)ccc1-c1ccc(-c3cccc4sc5ccccc5c34)cc1Oc1ccccc1-2. The van der Waals surface area contributed by atoms with E-state index in [1.165, 1.54) is 51.5 Å². The number of para-hydroxylation sites is 2. The highest BCUT2D eigenvalue weighted by atomic mass is 32.1. The molecule has 0 saturated carbocycles. The summed E-state index contributed by atoms with van der Waals surface area (Å²) in [4.78, 5) is 0. The number of fused-ring (bicyclic) bond motifs is 12. The largest absolute Gasteiger partial charge is 0.456 e. The Bertz CT molecular complexity index is 2830. The summed E-state index contributed by atoms with van der Waals surface area (Å²) >= 11 is 3.68. The number of hydrogen-bond donors (Lipinski definition) is 0. The van der Waals surface area contributed by atoms with Gasteiger partial charge in [0.05, 0.1) is 0 Å². The van der Waals surface area contributed by atoms with Gasteiger partial charge in [-0.05, 0) is 82.9 Å². The number of thiophene rings is 2. The fourth-order valence-corrected chi connectivity index (χ4v) is 10.1. The van der Waals surface area contributed by atoms with E-state index in [1.54, 1.807) is 0 Å². The Labute approximate surface area is 308 Å². The predicted molar refractivity (Wildman–Crippen MR) is 221 cm³/mol. The fraction of sp³-hybridized carbons (Fsp3) is 0. The van der Waals surface area contributed by atoms with E-state index in [4.69, 9.17) is 9.47 Å². The molecule has 0 spiro atoms. The zero-order chi connectivity index (χ0) is 34.2. The van der Waals surface area contributed by atoms with Gasteiger partial charge in [0.25, 0.3) is 0 Å². The van der Waals surface area contributed by atoms with E-state index in [-0.39, 0.29) is 0 Å². The van der Waals surface area contributed by atoms with E-state index in [2.05, 4.69) is 146 Å². The number of benzene rings is 8. The summed E-state index contributed by atoms with van der Waals surface area (Å²) in [5.74, 6) is 3.13. The highest BCUT2D eigenvalue weighted by molar-refractivity contribution is 7.26. The van der Waals surface area contributed by atoms with Crippen LogP contribution in [0, 0.1) is 0 Å². The lowest BCUT2D eigenvalue weighted by Crippen LogP contribution is -1.98. The van der Waals surface area contributed by atoms with Crippen LogP contribution in [-0.4, -0.2) is 0 Å². The van der Waals surface area contributed by atoms with Crippen LogP contribution in [0.4, 0.5) is 0 Å². The lowest BCUT2D eigenvalue weighted by Gasteiger charge is -2.22. The maximum atomic E-state index is 7.03. The Morgan fingerprint density at radius 1 is 0.288 bits per heavy atom. The second kappa shape index (κ2) is 11.7. The standard InChI is InChI=1S/C48H28O2S2/c1-5-17-39-33(11-1)34-12-2-6-18-40(34)50-42-28-30(32-16-10-22-46-48(32)38-14-4-8-20-44(38)52-46)24-26-36(42)35-25-23-29(27-41(35)49-39)31-15-9-21-45-47(31)37-13-3-7-19-43(37)51-45/h1-28H. The molecule has 1 aliphatic heterocycles. The zero-order valence-electron chi connectivity index (χ0n) is 27.8.